The van der Waals surface area contributed by atoms with Gasteiger partial charge in [0.1, 0.15) is 11.5 Å². The maximum Gasteiger partial charge on any atom is 0.390 e. The third-order valence-electron chi connectivity index (χ3n) is 6.15. The summed E-state index contributed by atoms with van der Waals surface area (Å²) in [6, 6.07) is 7.22. The molecule has 0 radical (unpaired) electrons. The molecule has 1 heterocycles. The first-order valence-electron chi connectivity index (χ1n) is 11.0. The van der Waals surface area contributed by atoms with Gasteiger partial charge in [0.2, 0.25) is 0 Å². The predicted molar refractivity (Wildman–Crippen MR) is 117 cm³/mol. The molecule has 0 saturated heterocycles. The molecule has 1 aromatic heterocycles. The first kappa shape index (κ1) is 24.0. The molecule has 1 saturated carbocycles. The van der Waals surface area contributed by atoms with Gasteiger partial charge in [0.15, 0.2) is 0 Å². The molecule has 1 aliphatic carbocycles. The molecular weight excluding hydrogens is 421 g/mol. The van der Waals surface area contributed by atoms with Crippen molar-refractivity contribution in [2.45, 2.75) is 58.2 Å². The van der Waals surface area contributed by atoms with Crippen LogP contribution in [0.2, 0.25) is 0 Å². The van der Waals surface area contributed by atoms with Crippen molar-refractivity contribution in [2.75, 3.05) is 20.8 Å². The zero-order valence-electron chi connectivity index (χ0n) is 18.8. The number of halogens is 3. The Morgan fingerprint density at radius 2 is 1.84 bits per heavy atom. The van der Waals surface area contributed by atoms with Crippen molar-refractivity contribution < 1.29 is 27.4 Å². The molecule has 1 amide bonds. The number of rotatable bonds is 8. The fraction of sp³-hybridized carbons (Fsp3) is 0.542. The Balaban J connectivity index is 1.99. The number of methoxy groups -OCH3 is 2. The fourth-order valence-corrected chi connectivity index (χ4v) is 4.39. The molecule has 32 heavy (non-hydrogen) atoms. The monoisotopic (exact) mass is 452 g/mol. The molecule has 1 aliphatic rings. The summed E-state index contributed by atoms with van der Waals surface area (Å²) < 4.78 is 50.6. The van der Waals surface area contributed by atoms with E-state index in [-0.39, 0.29) is 0 Å². The van der Waals surface area contributed by atoms with Gasteiger partial charge in [-0.2, -0.15) is 13.2 Å². The van der Waals surface area contributed by atoms with Gasteiger partial charge in [-0.1, -0.05) is 19.3 Å². The summed E-state index contributed by atoms with van der Waals surface area (Å²) in [5.74, 6) is 1.28. The zero-order chi connectivity index (χ0) is 23.3. The van der Waals surface area contributed by atoms with E-state index < -0.39 is 25.0 Å². The quantitative estimate of drug-likeness (QED) is 0.555. The lowest BCUT2D eigenvalue weighted by molar-refractivity contribution is -0.132. The van der Waals surface area contributed by atoms with Crippen molar-refractivity contribution in [1.82, 2.24) is 9.88 Å². The number of carbonyl (C=O) groups is 1. The number of hydrogen-bond acceptors (Lipinski definition) is 3. The maximum atomic E-state index is 12.8. The van der Waals surface area contributed by atoms with Gasteiger partial charge < -0.3 is 19.4 Å². The van der Waals surface area contributed by atoms with Crippen LogP contribution >= 0.6 is 0 Å². The van der Waals surface area contributed by atoms with Crippen molar-refractivity contribution >= 4 is 5.91 Å². The van der Waals surface area contributed by atoms with Crippen molar-refractivity contribution in [3.05, 3.63) is 35.5 Å². The van der Waals surface area contributed by atoms with Gasteiger partial charge in [0.25, 0.3) is 5.91 Å². The van der Waals surface area contributed by atoms with Gasteiger partial charge in [-0.25, -0.2) is 0 Å². The summed E-state index contributed by atoms with van der Waals surface area (Å²) in [5.41, 5.74) is 2.69. The average molecular weight is 453 g/mol. The highest BCUT2D eigenvalue weighted by Gasteiger charge is 2.28. The molecule has 3 rings (SSSR count). The van der Waals surface area contributed by atoms with Crippen molar-refractivity contribution in [1.29, 1.82) is 0 Å². The molecule has 1 aromatic carbocycles. The largest absolute Gasteiger partial charge is 0.497 e. The molecule has 1 fully saturated rings. The Morgan fingerprint density at radius 3 is 2.47 bits per heavy atom. The van der Waals surface area contributed by atoms with E-state index in [2.05, 4.69) is 9.88 Å². The maximum absolute atomic E-state index is 12.8. The second-order valence-corrected chi connectivity index (χ2v) is 8.33. The summed E-state index contributed by atoms with van der Waals surface area (Å²) in [5, 5.41) is 2.41. The summed E-state index contributed by atoms with van der Waals surface area (Å²) in [7, 11) is 3.16. The lowest BCUT2D eigenvalue weighted by atomic mass is 9.89. The van der Waals surface area contributed by atoms with Gasteiger partial charge in [0, 0.05) is 24.3 Å². The number of benzene rings is 1. The lowest BCUT2D eigenvalue weighted by Crippen LogP contribution is -2.28. The van der Waals surface area contributed by atoms with E-state index in [1.807, 2.05) is 19.1 Å². The van der Waals surface area contributed by atoms with E-state index in [0.717, 1.165) is 36.3 Å². The molecule has 0 bridgehead atoms. The molecule has 2 aromatic rings. The number of carbonyl (C=O) groups excluding carboxylic acids is 1. The third kappa shape index (κ3) is 5.78. The second kappa shape index (κ2) is 10.3. The number of alkyl halides is 3. The van der Waals surface area contributed by atoms with Gasteiger partial charge >= 0.3 is 6.18 Å². The molecular formula is C24H31F3N2O3. The molecule has 0 aliphatic heterocycles. The summed E-state index contributed by atoms with van der Waals surface area (Å²) in [4.78, 5) is 12.8. The van der Waals surface area contributed by atoms with Crippen LogP contribution in [0, 0.1) is 12.8 Å². The predicted octanol–water partition coefficient (Wildman–Crippen LogP) is 5.74. The molecule has 0 spiro atoms. The molecule has 1 N–H and O–H groups in total. The third-order valence-corrected chi connectivity index (χ3v) is 6.15. The highest BCUT2D eigenvalue weighted by molar-refractivity contribution is 5.97. The number of amides is 1. The van der Waals surface area contributed by atoms with E-state index in [0.29, 0.717) is 23.0 Å². The van der Waals surface area contributed by atoms with Gasteiger partial charge in [0.05, 0.1) is 31.9 Å². The number of aromatic nitrogens is 1. The topological polar surface area (TPSA) is 52.5 Å². The number of hydrogen-bond donors (Lipinski definition) is 1. The molecule has 8 heteroatoms. The van der Waals surface area contributed by atoms with Crippen LogP contribution in [0.1, 0.15) is 54.6 Å². The van der Waals surface area contributed by atoms with E-state index in [9.17, 15) is 18.0 Å². The van der Waals surface area contributed by atoms with Crippen LogP contribution in [0.15, 0.2) is 24.3 Å². The minimum atomic E-state index is -4.31. The molecule has 0 unspecified atom stereocenters. The smallest absolute Gasteiger partial charge is 0.390 e. The van der Waals surface area contributed by atoms with E-state index in [1.165, 1.54) is 19.3 Å². The van der Waals surface area contributed by atoms with Crippen LogP contribution in [0.4, 0.5) is 13.2 Å². The minimum absolute atomic E-state index is 0.378. The Labute approximate surface area is 186 Å². The van der Waals surface area contributed by atoms with Gasteiger partial charge in [-0.05, 0) is 49.9 Å². The normalized spacial score (nSPS) is 14.9. The lowest BCUT2D eigenvalue weighted by Gasteiger charge is -2.24. The molecule has 5 nitrogen and oxygen atoms in total. The van der Waals surface area contributed by atoms with Crippen LogP contribution in [-0.2, 0) is 6.54 Å². The first-order valence-corrected chi connectivity index (χ1v) is 11.0. The summed E-state index contributed by atoms with van der Waals surface area (Å²) >= 11 is 0. The molecule has 0 atom stereocenters. The Kier molecular flexibility index (Phi) is 7.74. The minimum Gasteiger partial charge on any atom is -0.497 e. The highest BCUT2D eigenvalue weighted by Crippen LogP contribution is 2.37. The van der Waals surface area contributed by atoms with Crippen LogP contribution in [0.3, 0.4) is 0 Å². The van der Waals surface area contributed by atoms with Gasteiger partial charge in [-0.3, -0.25) is 4.79 Å². The van der Waals surface area contributed by atoms with Crippen LogP contribution in [0.5, 0.6) is 11.5 Å². The van der Waals surface area contributed by atoms with E-state index in [4.69, 9.17) is 9.47 Å². The Hall–Kier alpha value is -2.64. The average Bonchev–Trinajstić information content (AvgIpc) is 3.09. The summed E-state index contributed by atoms with van der Waals surface area (Å²) in [6.45, 7) is 2.14. The number of nitrogens with one attached hydrogen (secondary N) is 1. The van der Waals surface area contributed by atoms with Crippen molar-refractivity contribution in [3.63, 3.8) is 0 Å². The molecule has 176 valence electrons. The van der Waals surface area contributed by atoms with E-state index >= 15 is 0 Å². The number of nitrogens with zero attached hydrogens (tertiary/aromatic N) is 1. The standard InChI is InChI=1S/C24H31F3N2O3/c1-16-19(23(30)28-12-11-24(25,26)27)14-21(29(16)15-17-7-5-4-6-8-17)20-13-18(31-2)9-10-22(20)32-3/h9-10,13-14,17H,4-8,11-12,15H2,1-3H3,(H,28,30). The first-order chi connectivity index (χ1) is 15.2. The fourth-order valence-electron chi connectivity index (χ4n) is 4.39. The Bertz CT molecular complexity index is 931. The van der Waals surface area contributed by atoms with Crippen LogP contribution in [0.25, 0.3) is 11.3 Å². The van der Waals surface area contributed by atoms with Crippen molar-refractivity contribution in [2.24, 2.45) is 5.92 Å². The summed E-state index contributed by atoms with van der Waals surface area (Å²) in [6.07, 6.45) is 0.496. The van der Waals surface area contributed by atoms with Crippen LogP contribution < -0.4 is 14.8 Å². The SMILES string of the molecule is COc1ccc(OC)c(-c2cc(C(=O)NCCC(F)(F)F)c(C)n2CC2CCCCC2)c1. The van der Waals surface area contributed by atoms with Crippen molar-refractivity contribution in [3.8, 4) is 22.8 Å². The van der Waals surface area contributed by atoms with E-state index in [1.54, 1.807) is 26.4 Å². The zero-order valence-corrected chi connectivity index (χ0v) is 18.8. The Morgan fingerprint density at radius 1 is 1.12 bits per heavy atom. The van der Waals surface area contributed by atoms with Gasteiger partial charge in [-0.15, -0.1) is 0 Å². The second-order valence-electron chi connectivity index (χ2n) is 8.33. The number of ether oxygens (including phenoxy) is 2. The van der Waals surface area contributed by atoms with Crippen LogP contribution in [-0.4, -0.2) is 37.4 Å². The highest BCUT2D eigenvalue weighted by atomic mass is 19.4.